The molecule has 1 saturated heterocycles. The van der Waals surface area contributed by atoms with Crippen molar-refractivity contribution in [3.8, 4) is 10.6 Å². The normalized spacial score (nSPS) is 16.8. The molecule has 9 heteroatoms. The Labute approximate surface area is 186 Å². The van der Waals surface area contributed by atoms with Crippen LogP contribution in [0.2, 0.25) is 0 Å². The Morgan fingerprint density at radius 2 is 1.97 bits per heavy atom. The first-order valence-electron chi connectivity index (χ1n) is 10.2. The van der Waals surface area contributed by atoms with Crippen molar-refractivity contribution in [3.63, 3.8) is 0 Å². The van der Waals surface area contributed by atoms with E-state index in [4.69, 9.17) is 0 Å². The third-order valence-corrected chi connectivity index (χ3v) is 6.63. The minimum Gasteiger partial charge on any atom is -0.331 e. The molecule has 0 saturated carbocycles. The lowest BCUT2D eigenvalue weighted by Crippen LogP contribution is -2.30. The molecular weight excluding hydrogens is 437 g/mol. The Kier molecular flexibility index (Phi) is 5.00. The molecule has 0 aliphatic carbocycles. The van der Waals surface area contributed by atoms with Crippen LogP contribution in [0.1, 0.15) is 46.1 Å². The number of rotatable bonds is 3. The molecule has 5 nitrogen and oxygen atoms in total. The third kappa shape index (κ3) is 3.56. The first kappa shape index (κ1) is 20.7. The topological polar surface area (TPSA) is 50.5 Å². The zero-order chi connectivity index (χ0) is 22.5. The SMILES string of the molecule is Cc1ccc([C@@H]2CCCN2C(=O)c2cnn3c(C(F)(F)F)cc(-c4cccs4)nc23)cc1. The van der Waals surface area contributed by atoms with Crippen molar-refractivity contribution < 1.29 is 18.0 Å². The number of carbonyl (C=O) groups excluding carboxylic acids is 1. The van der Waals surface area contributed by atoms with Crippen molar-refractivity contribution in [1.29, 1.82) is 0 Å². The minimum absolute atomic E-state index is 0.0768. The molecule has 5 rings (SSSR count). The molecule has 1 aliphatic heterocycles. The summed E-state index contributed by atoms with van der Waals surface area (Å²) in [6, 6.07) is 12.3. The lowest BCUT2D eigenvalue weighted by Gasteiger charge is -2.25. The van der Waals surface area contributed by atoms with Gasteiger partial charge in [-0.1, -0.05) is 35.9 Å². The van der Waals surface area contributed by atoms with Gasteiger partial charge in [-0.25, -0.2) is 9.50 Å². The smallest absolute Gasteiger partial charge is 0.331 e. The van der Waals surface area contributed by atoms with Crippen molar-refractivity contribution in [1.82, 2.24) is 19.5 Å². The minimum atomic E-state index is -4.64. The fourth-order valence-electron chi connectivity index (χ4n) is 4.17. The van der Waals surface area contributed by atoms with E-state index in [0.717, 1.165) is 34.6 Å². The van der Waals surface area contributed by atoms with Crippen LogP contribution in [0.15, 0.2) is 54.0 Å². The predicted octanol–water partition coefficient (Wildman–Crippen LogP) is 5.76. The summed E-state index contributed by atoms with van der Waals surface area (Å²) >= 11 is 1.29. The predicted molar refractivity (Wildman–Crippen MR) is 115 cm³/mol. The standard InChI is InChI=1S/C23H19F3N4OS/c1-14-6-8-15(9-7-14)18-4-2-10-29(18)22(31)16-13-27-30-20(23(24,25)26)12-17(28-21(16)30)19-5-3-11-32-19/h3,5-9,11-13,18H,2,4,10H2,1H3/t18-/m0/s1. The van der Waals surface area contributed by atoms with Gasteiger partial charge in [0.15, 0.2) is 11.3 Å². The Morgan fingerprint density at radius 1 is 1.19 bits per heavy atom. The van der Waals surface area contributed by atoms with E-state index in [1.54, 1.807) is 22.4 Å². The highest BCUT2D eigenvalue weighted by molar-refractivity contribution is 7.13. The van der Waals surface area contributed by atoms with E-state index in [0.29, 0.717) is 11.4 Å². The van der Waals surface area contributed by atoms with Crippen molar-refractivity contribution in [3.05, 3.63) is 76.4 Å². The molecule has 0 N–H and O–H groups in total. The lowest BCUT2D eigenvalue weighted by molar-refractivity contribution is -0.142. The van der Waals surface area contributed by atoms with E-state index in [1.807, 2.05) is 31.2 Å². The highest BCUT2D eigenvalue weighted by Crippen LogP contribution is 2.36. The van der Waals surface area contributed by atoms with E-state index in [1.165, 1.54) is 17.5 Å². The van der Waals surface area contributed by atoms with Gasteiger partial charge in [-0.2, -0.15) is 18.3 Å². The Balaban J connectivity index is 1.60. The molecule has 0 radical (unpaired) electrons. The largest absolute Gasteiger partial charge is 0.433 e. The van der Waals surface area contributed by atoms with Crippen LogP contribution >= 0.6 is 11.3 Å². The molecule has 3 aromatic heterocycles. The summed E-state index contributed by atoms with van der Waals surface area (Å²) in [5.41, 5.74) is 1.35. The van der Waals surface area contributed by atoms with Gasteiger partial charge in [0.25, 0.3) is 5.91 Å². The van der Waals surface area contributed by atoms with Crippen LogP contribution in [0, 0.1) is 6.92 Å². The zero-order valence-electron chi connectivity index (χ0n) is 17.1. The second-order valence-corrected chi connectivity index (χ2v) is 8.81. The van der Waals surface area contributed by atoms with Crippen LogP contribution in [0.5, 0.6) is 0 Å². The summed E-state index contributed by atoms with van der Waals surface area (Å²) in [7, 11) is 0. The molecule has 4 heterocycles. The molecule has 1 aromatic carbocycles. The molecule has 1 atom stereocenters. The Bertz CT molecular complexity index is 1280. The zero-order valence-corrected chi connectivity index (χ0v) is 18.0. The van der Waals surface area contributed by atoms with E-state index in [2.05, 4.69) is 10.1 Å². The summed E-state index contributed by atoms with van der Waals surface area (Å²) in [4.78, 5) is 20.2. The summed E-state index contributed by atoms with van der Waals surface area (Å²) in [6.45, 7) is 2.53. The van der Waals surface area contributed by atoms with Gasteiger partial charge in [0, 0.05) is 6.54 Å². The van der Waals surface area contributed by atoms with Gasteiger partial charge in [0.2, 0.25) is 0 Å². The van der Waals surface area contributed by atoms with E-state index in [9.17, 15) is 18.0 Å². The quantitative estimate of drug-likeness (QED) is 0.394. The van der Waals surface area contributed by atoms with Crippen LogP contribution < -0.4 is 0 Å². The van der Waals surface area contributed by atoms with Crippen molar-refractivity contribution in [2.75, 3.05) is 6.54 Å². The van der Waals surface area contributed by atoms with Gasteiger partial charge in [0.1, 0.15) is 5.56 Å². The second kappa shape index (κ2) is 7.74. The molecular formula is C23H19F3N4OS. The fourth-order valence-corrected chi connectivity index (χ4v) is 4.85. The monoisotopic (exact) mass is 456 g/mol. The number of aryl methyl sites for hydroxylation is 1. The molecule has 164 valence electrons. The third-order valence-electron chi connectivity index (χ3n) is 5.74. The highest BCUT2D eigenvalue weighted by Gasteiger charge is 2.37. The van der Waals surface area contributed by atoms with Crippen molar-refractivity contribution in [2.45, 2.75) is 32.0 Å². The van der Waals surface area contributed by atoms with Gasteiger partial charge < -0.3 is 4.90 Å². The maximum Gasteiger partial charge on any atom is 0.433 e. The van der Waals surface area contributed by atoms with Gasteiger partial charge in [0.05, 0.1) is 22.8 Å². The van der Waals surface area contributed by atoms with Gasteiger partial charge >= 0.3 is 6.18 Å². The van der Waals surface area contributed by atoms with Crippen LogP contribution in [0.4, 0.5) is 13.2 Å². The number of nitrogens with zero attached hydrogens (tertiary/aromatic N) is 4. The number of hydrogen-bond acceptors (Lipinski definition) is 4. The summed E-state index contributed by atoms with van der Waals surface area (Å²) < 4.78 is 42.1. The second-order valence-electron chi connectivity index (χ2n) is 7.86. The Hall–Kier alpha value is -3.20. The maximum atomic E-state index is 13.8. The number of likely N-dealkylation sites (tertiary alicyclic amines) is 1. The summed E-state index contributed by atoms with van der Waals surface area (Å²) in [5.74, 6) is -0.355. The number of alkyl halides is 3. The number of thiophene rings is 1. The number of amides is 1. The van der Waals surface area contributed by atoms with Crippen LogP contribution in [-0.4, -0.2) is 31.9 Å². The fraction of sp³-hybridized carbons (Fsp3) is 0.261. The first-order valence-corrected chi connectivity index (χ1v) is 11.1. The molecule has 1 fully saturated rings. The summed E-state index contributed by atoms with van der Waals surface area (Å²) in [6.07, 6.45) is -1.82. The Morgan fingerprint density at radius 3 is 2.66 bits per heavy atom. The van der Waals surface area contributed by atoms with Gasteiger partial charge in [-0.15, -0.1) is 11.3 Å². The average Bonchev–Trinajstić information content (AvgIpc) is 3.52. The molecule has 1 aliphatic rings. The average molecular weight is 456 g/mol. The van der Waals surface area contributed by atoms with Crippen LogP contribution in [0.25, 0.3) is 16.2 Å². The first-order chi connectivity index (χ1) is 15.3. The molecule has 0 bridgehead atoms. The number of benzene rings is 1. The van der Waals surface area contributed by atoms with Gasteiger partial charge in [-0.3, -0.25) is 4.79 Å². The van der Waals surface area contributed by atoms with Crippen molar-refractivity contribution in [2.24, 2.45) is 0 Å². The number of fused-ring (bicyclic) bond motifs is 1. The molecule has 0 spiro atoms. The molecule has 0 unspecified atom stereocenters. The van der Waals surface area contributed by atoms with Gasteiger partial charge in [-0.05, 0) is 42.8 Å². The van der Waals surface area contributed by atoms with E-state index >= 15 is 0 Å². The van der Waals surface area contributed by atoms with Crippen LogP contribution in [-0.2, 0) is 6.18 Å². The number of aromatic nitrogens is 3. The number of halogens is 3. The summed E-state index contributed by atoms with van der Waals surface area (Å²) in [5, 5.41) is 5.67. The molecule has 4 aromatic rings. The number of hydrogen-bond donors (Lipinski definition) is 0. The number of carbonyl (C=O) groups is 1. The maximum absolute atomic E-state index is 13.8. The van der Waals surface area contributed by atoms with Crippen LogP contribution in [0.3, 0.4) is 0 Å². The van der Waals surface area contributed by atoms with E-state index < -0.39 is 11.9 Å². The lowest BCUT2D eigenvalue weighted by atomic mass is 10.0. The van der Waals surface area contributed by atoms with Crippen molar-refractivity contribution >= 4 is 22.9 Å². The highest BCUT2D eigenvalue weighted by atomic mass is 32.1. The van der Waals surface area contributed by atoms with E-state index in [-0.39, 0.29) is 28.9 Å². The molecule has 32 heavy (non-hydrogen) atoms. The molecule has 1 amide bonds.